The van der Waals surface area contributed by atoms with Crippen LogP contribution in [-0.2, 0) is 30.3 Å². The Labute approximate surface area is 309 Å². The number of hydrogen-bond acceptors (Lipinski definition) is 11. The first kappa shape index (κ1) is 39.2. The summed E-state index contributed by atoms with van der Waals surface area (Å²) in [5.41, 5.74) is 0.101. The Morgan fingerprint density at radius 1 is 1.04 bits per heavy atom. The second kappa shape index (κ2) is 17.7. The summed E-state index contributed by atoms with van der Waals surface area (Å²) >= 11 is 1.17. The molecule has 4 aliphatic rings. The number of carboxylic acids is 1. The minimum absolute atomic E-state index is 0.0372. The summed E-state index contributed by atoms with van der Waals surface area (Å²) in [4.78, 5) is 82.2. The fraction of sp³-hybridized carbons (Fsp3) is 0.676. The lowest BCUT2D eigenvalue weighted by atomic mass is 9.78. The normalized spacial score (nSPS) is 22.7. The molecule has 3 N–H and O–H groups in total. The molecule has 6 rings (SSSR count). The molecule has 15 heteroatoms. The number of carboxylic acid groups (broad SMARTS) is 1. The van der Waals surface area contributed by atoms with Crippen LogP contribution in [0.25, 0.3) is 0 Å². The van der Waals surface area contributed by atoms with Gasteiger partial charge < -0.3 is 25.4 Å². The van der Waals surface area contributed by atoms with E-state index in [0.717, 1.165) is 51.6 Å². The number of nitrogens with zero attached hydrogens (tertiary/aromatic N) is 5. The smallest absolute Gasteiger partial charge is 0.306 e. The molecule has 0 radical (unpaired) electrons. The van der Waals surface area contributed by atoms with Gasteiger partial charge in [0.25, 0.3) is 5.91 Å². The first-order valence-corrected chi connectivity index (χ1v) is 19.4. The highest BCUT2D eigenvalue weighted by atomic mass is 32.1. The second-order valence-electron chi connectivity index (χ2n) is 15.1. The van der Waals surface area contributed by atoms with Crippen molar-refractivity contribution < 1.29 is 33.8 Å². The van der Waals surface area contributed by atoms with E-state index in [1.54, 1.807) is 42.7 Å². The highest BCUT2D eigenvalue weighted by molar-refractivity contribution is 7.09. The Bertz CT molecular complexity index is 1560. The zero-order valence-corrected chi connectivity index (χ0v) is 31.6. The van der Waals surface area contributed by atoms with Crippen LogP contribution in [0.5, 0.6) is 0 Å². The maximum atomic E-state index is 14.3. The van der Waals surface area contributed by atoms with Crippen LogP contribution in [0.1, 0.15) is 106 Å². The average Bonchev–Trinajstić information content (AvgIpc) is 3.59. The predicted molar refractivity (Wildman–Crippen MR) is 193 cm³/mol. The maximum Gasteiger partial charge on any atom is 0.306 e. The number of thiazole rings is 1. The number of esters is 1. The molecule has 284 valence electrons. The van der Waals surface area contributed by atoms with Gasteiger partial charge in [-0.05, 0) is 75.4 Å². The first-order valence-electron chi connectivity index (χ1n) is 18.5. The number of carbonyl (C=O) groups excluding carboxylic acids is 4. The third-order valence-corrected chi connectivity index (χ3v) is 11.9. The summed E-state index contributed by atoms with van der Waals surface area (Å²) in [5, 5.41) is 17.6. The average molecular weight is 740 g/mol. The molecular weight excluding hydrogens is 687 g/mol. The highest BCUT2D eigenvalue weighted by Gasteiger charge is 2.43. The van der Waals surface area contributed by atoms with Crippen LogP contribution >= 0.6 is 11.3 Å². The van der Waals surface area contributed by atoms with Crippen molar-refractivity contribution in [2.75, 3.05) is 20.1 Å². The van der Waals surface area contributed by atoms with Crippen LogP contribution in [-0.4, -0.2) is 104 Å². The molecule has 14 nitrogen and oxygen atoms in total. The van der Waals surface area contributed by atoms with E-state index in [4.69, 9.17) is 4.74 Å². The summed E-state index contributed by atoms with van der Waals surface area (Å²) in [6.07, 6.45) is 8.82. The van der Waals surface area contributed by atoms with E-state index in [-0.39, 0.29) is 60.7 Å². The van der Waals surface area contributed by atoms with Gasteiger partial charge in [0.05, 0.1) is 12.0 Å². The molecule has 0 spiro atoms. The Kier molecular flexibility index (Phi) is 13.3. The van der Waals surface area contributed by atoms with Crippen LogP contribution in [0.4, 0.5) is 0 Å². The molecule has 0 unspecified atom stereocenters. The number of piperidine rings is 3. The number of amides is 3. The first-order chi connectivity index (χ1) is 24.8. The highest BCUT2D eigenvalue weighted by Crippen LogP contribution is 2.35. The van der Waals surface area contributed by atoms with Crippen molar-refractivity contribution in [2.24, 2.45) is 23.7 Å². The Balaban J connectivity index is 1.29. The van der Waals surface area contributed by atoms with E-state index in [9.17, 15) is 29.1 Å². The number of aliphatic carboxylic acids is 1. The number of rotatable bonds is 17. The standard InChI is InChI=1S/C37H53N7O7S/c1-21(2)28(43(5)36(48)32(25-8-6-9-25)42-34(47)29-17-24-10-14-44(29)15-11-24)19-30(51-23(4)45)35-41-27(20-52-35)33(46)40-26(16-22(3)37(49)50)18-31-38-12-7-13-39-31/h7,12-13,20-22,24-26,28-30,32H,6,8-11,14-19H2,1-5H3,(H,40,46)(H,42,47)(H,49,50)/t22-,26+,28+,29+,30+,32-/m0/s1. The molecule has 1 aliphatic carbocycles. The van der Waals surface area contributed by atoms with E-state index in [1.165, 1.54) is 18.3 Å². The Hall–Kier alpha value is -3.98. The third kappa shape index (κ3) is 9.91. The van der Waals surface area contributed by atoms with Gasteiger partial charge in [-0.2, -0.15) is 0 Å². The van der Waals surface area contributed by atoms with Crippen molar-refractivity contribution in [3.63, 3.8) is 0 Å². The SMILES string of the molecule is CC(=O)O[C@H](C[C@H](C(C)C)N(C)C(=O)[C@@H](NC(=O)[C@H]1CC2CCN1CC2)C1CCC1)c1nc(C(=O)N[C@@H](Cc2ncccn2)C[C@H](C)C(=O)O)cs1. The van der Waals surface area contributed by atoms with Crippen molar-refractivity contribution in [3.05, 3.63) is 40.4 Å². The molecule has 2 aromatic rings. The summed E-state index contributed by atoms with van der Waals surface area (Å²) in [6.45, 7) is 8.72. The van der Waals surface area contributed by atoms with Crippen molar-refractivity contribution >= 4 is 41.0 Å². The van der Waals surface area contributed by atoms with Gasteiger partial charge in [-0.25, -0.2) is 15.0 Å². The molecular formula is C37H53N7O7S. The number of nitrogens with one attached hydrogen (secondary N) is 2. The molecule has 3 aliphatic heterocycles. The van der Waals surface area contributed by atoms with Gasteiger partial charge in [-0.3, -0.25) is 28.9 Å². The minimum atomic E-state index is -0.980. The molecule has 0 aromatic carbocycles. The summed E-state index contributed by atoms with van der Waals surface area (Å²) in [6, 6.07) is -0.0974. The van der Waals surface area contributed by atoms with Crippen molar-refractivity contribution in [2.45, 2.75) is 116 Å². The van der Waals surface area contributed by atoms with Crippen LogP contribution in [0.15, 0.2) is 23.8 Å². The monoisotopic (exact) mass is 739 g/mol. The fourth-order valence-corrected chi connectivity index (χ4v) is 8.54. The molecule has 3 saturated heterocycles. The van der Waals surface area contributed by atoms with Crippen molar-refractivity contribution in [3.8, 4) is 0 Å². The third-order valence-electron chi connectivity index (χ3n) is 11.0. The number of aromatic nitrogens is 3. The molecule has 2 aromatic heterocycles. The number of hydrogen-bond donors (Lipinski definition) is 3. The predicted octanol–water partition coefficient (Wildman–Crippen LogP) is 3.63. The van der Waals surface area contributed by atoms with Crippen LogP contribution in [0.2, 0.25) is 0 Å². The van der Waals surface area contributed by atoms with Crippen LogP contribution in [0.3, 0.4) is 0 Å². The van der Waals surface area contributed by atoms with Gasteiger partial charge in [-0.1, -0.05) is 27.2 Å². The molecule has 3 amide bonds. The lowest BCUT2D eigenvalue weighted by molar-refractivity contribution is -0.149. The summed E-state index contributed by atoms with van der Waals surface area (Å²) in [5.74, 6) is -1.88. The van der Waals surface area contributed by atoms with Gasteiger partial charge >= 0.3 is 11.9 Å². The fourth-order valence-electron chi connectivity index (χ4n) is 7.70. The van der Waals surface area contributed by atoms with E-state index in [1.807, 2.05) is 13.8 Å². The summed E-state index contributed by atoms with van der Waals surface area (Å²) < 4.78 is 5.77. The number of likely N-dealkylation sites (N-methyl/N-ethyl adjacent to an activating group) is 1. The van der Waals surface area contributed by atoms with E-state index < -0.39 is 42.0 Å². The van der Waals surface area contributed by atoms with E-state index >= 15 is 0 Å². The molecule has 1 saturated carbocycles. The molecule has 6 atom stereocenters. The second-order valence-corrected chi connectivity index (χ2v) is 16.0. The van der Waals surface area contributed by atoms with E-state index in [2.05, 4.69) is 30.5 Å². The number of ether oxygens (including phenoxy) is 1. The summed E-state index contributed by atoms with van der Waals surface area (Å²) in [7, 11) is 1.75. The Morgan fingerprint density at radius 2 is 1.73 bits per heavy atom. The van der Waals surface area contributed by atoms with Gasteiger partial charge in [-0.15, -0.1) is 11.3 Å². The number of fused-ring (bicyclic) bond motifs is 3. The van der Waals surface area contributed by atoms with Gasteiger partial charge in [0.2, 0.25) is 11.8 Å². The minimum Gasteiger partial charge on any atom is -0.481 e. The quantitative estimate of drug-likeness (QED) is 0.201. The molecule has 2 bridgehead atoms. The van der Waals surface area contributed by atoms with Gasteiger partial charge in [0.15, 0.2) is 6.10 Å². The lowest BCUT2D eigenvalue weighted by Gasteiger charge is -2.45. The largest absolute Gasteiger partial charge is 0.481 e. The zero-order valence-electron chi connectivity index (χ0n) is 30.8. The van der Waals surface area contributed by atoms with Crippen molar-refractivity contribution in [1.29, 1.82) is 0 Å². The molecule has 52 heavy (non-hydrogen) atoms. The maximum absolute atomic E-state index is 14.3. The van der Waals surface area contributed by atoms with Crippen LogP contribution in [0, 0.1) is 23.7 Å². The van der Waals surface area contributed by atoms with Crippen molar-refractivity contribution in [1.82, 2.24) is 35.4 Å². The van der Waals surface area contributed by atoms with Gasteiger partial charge in [0, 0.05) is 56.7 Å². The zero-order chi connectivity index (χ0) is 37.5. The van der Waals surface area contributed by atoms with E-state index in [0.29, 0.717) is 16.7 Å². The topological polar surface area (TPSA) is 184 Å². The molecule has 4 fully saturated rings. The molecule has 5 heterocycles. The number of carbonyl (C=O) groups is 5. The van der Waals surface area contributed by atoms with Gasteiger partial charge in [0.1, 0.15) is 22.6 Å². The lowest BCUT2D eigenvalue weighted by Crippen LogP contribution is -2.61. The Morgan fingerprint density at radius 3 is 2.29 bits per heavy atom. The van der Waals surface area contributed by atoms with Crippen LogP contribution < -0.4 is 10.6 Å².